The van der Waals surface area contributed by atoms with Crippen LogP contribution in [0.15, 0.2) is 48.5 Å². The number of amides is 2. The van der Waals surface area contributed by atoms with Crippen LogP contribution in [-0.2, 0) is 19.1 Å². The van der Waals surface area contributed by atoms with Crippen molar-refractivity contribution in [3.63, 3.8) is 0 Å². The van der Waals surface area contributed by atoms with Gasteiger partial charge in [0.1, 0.15) is 6.61 Å². The van der Waals surface area contributed by atoms with Crippen molar-refractivity contribution in [2.24, 2.45) is 5.92 Å². The Morgan fingerprint density at radius 1 is 1.00 bits per heavy atom. The van der Waals surface area contributed by atoms with Crippen LogP contribution < -0.4 is 10.6 Å². The lowest BCUT2D eigenvalue weighted by Gasteiger charge is -2.15. The molecule has 2 aromatic rings. The minimum Gasteiger partial charge on any atom is -0.479 e. The number of rotatable bonds is 9. The summed E-state index contributed by atoms with van der Waals surface area (Å²) < 4.78 is 10.6. The lowest BCUT2D eigenvalue weighted by Crippen LogP contribution is -2.36. The summed E-state index contributed by atoms with van der Waals surface area (Å²) in [5.74, 6) is -1.40. The van der Waals surface area contributed by atoms with Gasteiger partial charge in [0.15, 0.2) is 6.10 Å². The van der Waals surface area contributed by atoms with E-state index in [9.17, 15) is 14.4 Å². The smallest absolute Gasteiger partial charge is 0.407 e. The molecule has 2 amide bonds. The van der Waals surface area contributed by atoms with E-state index in [-0.39, 0.29) is 37.3 Å². The fourth-order valence-electron chi connectivity index (χ4n) is 4.54. The van der Waals surface area contributed by atoms with Crippen LogP contribution >= 0.6 is 0 Å². The summed E-state index contributed by atoms with van der Waals surface area (Å²) in [6.07, 6.45) is -0.0695. The second kappa shape index (κ2) is 10.5. The first kappa shape index (κ1) is 22.8. The minimum atomic E-state index is -1.00. The molecule has 0 saturated carbocycles. The first-order chi connectivity index (χ1) is 16.0. The van der Waals surface area contributed by atoms with Crippen molar-refractivity contribution in [1.29, 1.82) is 0 Å². The van der Waals surface area contributed by atoms with Crippen LogP contribution in [0.25, 0.3) is 11.1 Å². The molecule has 1 heterocycles. The highest BCUT2D eigenvalue weighted by Gasteiger charge is 2.34. The minimum absolute atomic E-state index is 0.00289. The van der Waals surface area contributed by atoms with Gasteiger partial charge < -0.3 is 25.2 Å². The van der Waals surface area contributed by atoms with Crippen molar-refractivity contribution in [3.8, 4) is 11.1 Å². The highest BCUT2D eigenvalue weighted by Crippen LogP contribution is 2.44. The number of carboxylic acids is 1. The summed E-state index contributed by atoms with van der Waals surface area (Å²) in [6.45, 7) is 1.22. The first-order valence-electron chi connectivity index (χ1n) is 11.2. The van der Waals surface area contributed by atoms with Crippen LogP contribution in [-0.4, -0.2) is 55.5 Å². The molecule has 8 heteroatoms. The zero-order valence-electron chi connectivity index (χ0n) is 18.3. The Labute approximate surface area is 192 Å². The van der Waals surface area contributed by atoms with Crippen molar-refractivity contribution >= 4 is 18.0 Å². The Bertz CT molecular complexity index is 978. The quantitative estimate of drug-likeness (QED) is 0.504. The van der Waals surface area contributed by atoms with Gasteiger partial charge in [0.2, 0.25) is 5.91 Å². The number of fused-ring (bicyclic) bond motifs is 3. The average molecular weight is 453 g/mol. The molecule has 2 aromatic carbocycles. The standard InChI is InChI=1S/C25H28N2O6/c28-22(27-14-16-11-13-32-23(16)24(29)30)10-5-12-26-25(31)33-15-21-19-8-3-1-6-17(19)18-7-2-4-9-20(18)21/h1-4,6-9,16,21,23H,5,10-15H2,(H,26,31)(H,27,28)(H,29,30). The molecule has 2 unspecified atom stereocenters. The van der Waals surface area contributed by atoms with Crippen LogP contribution in [0.5, 0.6) is 0 Å². The van der Waals surface area contributed by atoms with Gasteiger partial charge in [-0.1, -0.05) is 48.5 Å². The summed E-state index contributed by atoms with van der Waals surface area (Å²) >= 11 is 0. The van der Waals surface area contributed by atoms with Crippen LogP contribution in [0.3, 0.4) is 0 Å². The number of carbonyl (C=O) groups excluding carboxylic acids is 2. The molecule has 1 aliphatic heterocycles. The SMILES string of the molecule is O=C(CCCNC(=O)OCC1c2ccccc2-c2ccccc21)NCC1CCOC1C(=O)O. The summed E-state index contributed by atoms with van der Waals surface area (Å²) in [5, 5.41) is 14.5. The summed E-state index contributed by atoms with van der Waals surface area (Å²) in [6, 6.07) is 16.3. The van der Waals surface area contributed by atoms with Crippen LogP contribution in [0, 0.1) is 5.92 Å². The number of carboxylic acid groups (broad SMARTS) is 1. The van der Waals surface area contributed by atoms with Crippen molar-refractivity contribution in [1.82, 2.24) is 10.6 Å². The number of alkyl carbamates (subject to hydrolysis) is 1. The van der Waals surface area contributed by atoms with Gasteiger partial charge in [0.05, 0.1) is 0 Å². The third-order valence-electron chi connectivity index (χ3n) is 6.21. The number of hydrogen-bond acceptors (Lipinski definition) is 5. The Hall–Kier alpha value is -3.39. The Morgan fingerprint density at radius 3 is 2.33 bits per heavy atom. The van der Waals surface area contributed by atoms with Crippen molar-refractivity contribution < 1.29 is 29.0 Å². The zero-order chi connectivity index (χ0) is 23.2. The summed E-state index contributed by atoms with van der Waals surface area (Å²) in [5.41, 5.74) is 4.65. The molecule has 2 atom stereocenters. The van der Waals surface area contributed by atoms with E-state index in [1.807, 2.05) is 24.3 Å². The maximum atomic E-state index is 12.2. The van der Waals surface area contributed by atoms with E-state index in [1.54, 1.807) is 0 Å². The zero-order valence-corrected chi connectivity index (χ0v) is 18.3. The van der Waals surface area contributed by atoms with Gasteiger partial charge in [0, 0.05) is 38.0 Å². The second-order valence-corrected chi connectivity index (χ2v) is 8.34. The van der Waals surface area contributed by atoms with Gasteiger partial charge in [-0.3, -0.25) is 4.79 Å². The molecule has 174 valence electrons. The maximum Gasteiger partial charge on any atom is 0.407 e. The molecule has 0 spiro atoms. The first-order valence-corrected chi connectivity index (χ1v) is 11.2. The van der Waals surface area contributed by atoms with E-state index in [0.29, 0.717) is 26.0 Å². The third-order valence-corrected chi connectivity index (χ3v) is 6.21. The number of nitrogens with one attached hydrogen (secondary N) is 2. The van der Waals surface area contributed by atoms with Gasteiger partial charge in [-0.05, 0) is 35.1 Å². The Morgan fingerprint density at radius 2 is 1.67 bits per heavy atom. The van der Waals surface area contributed by atoms with Crippen molar-refractivity contribution in [2.45, 2.75) is 31.3 Å². The molecule has 4 rings (SSSR count). The van der Waals surface area contributed by atoms with Gasteiger partial charge in [0.25, 0.3) is 0 Å². The van der Waals surface area contributed by atoms with E-state index in [0.717, 1.165) is 11.1 Å². The molecule has 2 aliphatic rings. The fourth-order valence-corrected chi connectivity index (χ4v) is 4.54. The van der Waals surface area contributed by atoms with E-state index < -0.39 is 18.2 Å². The maximum absolute atomic E-state index is 12.2. The van der Waals surface area contributed by atoms with Crippen molar-refractivity contribution in [2.75, 3.05) is 26.3 Å². The largest absolute Gasteiger partial charge is 0.479 e. The molecule has 3 N–H and O–H groups in total. The molecule has 0 bridgehead atoms. The number of benzene rings is 2. The highest BCUT2D eigenvalue weighted by atomic mass is 16.5. The van der Waals surface area contributed by atoms with Gasteiger partial charge in [-0.15, -0.1) is 0 Å². The van der Waals surface area contributed by atoms with Crippen LogP contribution in [0.2, 0.25) is 0 Å². The van der Waals surface area contributed by atoms with Gasteiger partial charge >= 0.3 is 12.1 Å². The average Bonchev–Trinajstić information content (AvgIpc) is 3.42. The van der Waals surface area contributed by atoms with Crippen LogP contribution in [0.4, 0.5) is 4.79 Å². The molecule has 1 aliphatic carbocycles. The molecular weight excluding hydrogens is 424 g/mol. The number of hydrogen-bond donors (Lipinski definition) is 3. The van der Waals surface area contributed by atoms with E-state index in [1.165, 1.54) is 11.1 Å². The summed E-state index contributed by atoms with van der Waals surface area (Å²) in [7, 11) is 0. The second-order valence-electron chi connectivity index (χ2n) is 8.34. The molecule has 1 saturated heterocycles. The van der Waals surface area contributed by atoms with E-state index in [4.69, 9.17) is 14.6 Å². The van der Waals surface area contributed by atoms with E-state index >= 15 is 0 Å². The molecule has 0 radical (unpaired) electrons. The Kier molecular flexibility index (Phi) is 7.24. The fraction of sp³-hybridized carbons (Fsp3) is 0.400. The van der Waals surface area contributed by atoms with Crippen molar-refractivity contribution in [3.05, 3.63) is 59.7 Å². The lowest BCUT2D eigenvalue weighted by atomic mass is 9.98. The Balaban J connectivity index is 1.16. The number of ether oxygens (including phenoxy) is 2. The van der Waals surface area contributed by atoms with E-state index in [2.05, 4.69) is 34.9 Å². The topological polar surface area (TPSA) is 114 Å². The molecule has 8 nitrogen and oxygen atoms in total. The normalized spacial score (nSPS) is 18.9. The highest BCUT2D eigenvalue weighted by molar-refractivity contribution is 5.79. The van der Waals surface area contributed by atoms with Gasteiger partial charge in [-0.2, -0.15) is 0 Å². The number of aliphatic carboxylic acids is 1. The predicted octanol–water partition coefficient (Wildman–Crippen LogP) is 2.91. The molecule has 33 heavy (non-hydrogen) atoms. The molecule has 1 fully saturated rings. The number of carbonyl (C=O) groups is 3. The monoisotopic (exact) mass is 452 g/mol. The molecular formula is C25H28N2O6. The summed E-state index contributed by atoms with van der Waals surface area (Å²) in [4.78, 5) is 35.3. The van der Waals surface area contributed by atoms with Crippen LogP contribution in [0.1, 0.15) is 36.3 Å². The molecule has 0 aromatic heterocycles. The van der Waals surface area contributed by atoms with Gasteiger partial charge in [-0.25, -0.2) is 9.59 Å². The lowest BCUT2D eigenvalue weighted by molar-refractivity contribution is -0.149. The third kappa shape index (κ3) is 5.34. The predicted molar refractivity (Wildman–Crippen MR) is 121 cm³/mol.